The second-order valence-electron chi connectivity index (χ2n) is 4.56. The highest BCUT2D eigenvalue weighted by Crippen LogP contribution is 2.38. The molecule has 2 heterocycles. The van der Waals surface area contributed by atoms with Crippen molar-refractivity contribution in [2.24, 2.45) is 0 Å². The van der Waals surface area contributed by atoms with Gasteiger partial charge in [-0.05, 0) is 36.2 Å². The summed E-state index contributed by atoms with van der Waals surface area (Å²) < 4.78 is 33.3. The van der Waals surface area contributed by atoms with E-state index in [1.807, 2.05) is 0 Å². The molecule has 0 bridgehead atoms. The smallest absolute Gasteiger partial charge is 0.230 e. The molecule has 0 saturated heterocycles. The molecular formula is C15H11F2N3O. The van der Waals surface area contributed by atoms with E-state index in [0.717, 1.165) is 0 Å². The van der Waals surface area contributed by atoms with E-state index in [9.17, 15) is 8.78 Å². The number of benzene rings is 1. The van der Waals surface area contributed by atoms with Gasteiger partial charge in [-0.25, -0.2) is 8.78 Å². The topological polar surface area (TPSA) is 64.9 Å². The molecule has 0 fully saturated rings. The van der Waals surface area contributed by atoms with E-state index in [0.29, 0.717) is 16.7 Å². The number of aromatic nitrogens is 2. The average Bonchev–Trinajstić information content (AvgIpc) is 2.86. The van der Waals surface area contributed by atoms with Gasteiger partial charge >= 0.3 is 0 Å². The maximum atomic E-state index is 14.3. The van der Waals surface area contributed by atoms with Crippen LogP contribution in [0.15, 0.2) is 41.2 Å². The normalized spacial score (nSPS) is 10.8. The number of aryl methyl sites for hydroxylation is 1. The molecule has 2 N–H and O–H groups in total. The highest BCUT2D eigenvalue weighted by Gasteiger charge is 2.23. The average molecular weight is 287 g/mol. The first-order valence-corrected chi connectivity index (χ1v) is 6.20. The summed E-state index contributed by atoms with van der Waals surface area (Å²) in [6, 6.07) is 5.88. The summed E-state index contributed by atoms with van der Waals surface area (Å²) in [5, 5.41) is 3.72. The van der Waals surface area contributed by atoms with Gasteiger partial charge in [0.25, 0.3) is 0 Å². The predicted molar refractivity (Wildman–Crippen MR) is 74.2 cm³/mol. The lowest BCUT2D eigenvalue weighted by molar-refractivity contribution is 0.438. The zero-order valence-electron chi connectivity index (χ0n) is 11.1. The van der Waals surface area contributed by atoms with Crippen molar-refractivity contribution in [3.63, 3.8) is 0 Å². The molecule has 0 saturated carbocycles. The Hall–Kier alpha value is -2.76. The van der Waals surface area contributed by atoms with E-state index in [4.69, 9.17) is 10.3 Å². The van der Waals surface area contributed by atoms with Gasteiger partial charge < -0.3 is 10.3 Å². The molecule has 0 unspecified atom stereocenters. The van der Waals surface area contributed by atoms with Crippen molar-refractivity contribution in [2.45, 2.75) is 6.92 Å². The zero-order valence-corrected chi connectivity index (χ0v) is 11.1. The van der Waals surface area contributed by atoms with Gasteiger partial charge in [-0.3, -0.25) is 4.98 Å². The Morgan fingerprint density at radius 2 is 1.76 bits per heavy atom. The van der Waals surface area contributed by atoms with E-state index < -0.39 is 11.6 Å². The van der Waals surface area contributed by atoms with Gasteiger partial charge in [0.15, 0.2) is 0 Å². The van der Waals surface area contributed by atoms with Crippen molar-refractivity contribution >= 4 is 5.88 Å². The first-order chi connectivity index (χ1) is 10.1. The fraction of sp³-hybridized carbons (Fsp3) is 0.0667. The Kier molecular flexibility index (Phi) is 3.13. The van der Waals surface area contributed by atoms with Crippen LogP contribution in [0.3, 0.4) is 0 Å². The van der Waals surface area contributed by atoms with Gasteiger partial charge in [-0.1, -0.05) is 11.2 Å². The van der Waals surface area contributed by atoms with Crippen LogP contribution in [0.25, 0.3) is 22.4 Å². The van der Waals surface area contributed by atoms with Crippen molar-refractivity contribution in [3.8, 4) is 22.4 Å². The lowest BCUT2D eigenvalue weighted by Crippen LogP contribution is -1.96. The number of nitrogen functional groups attached to an aromatic ring is 1. The van der Waals surface area contributed by atoms with Crippen LogP contribution in [0.4, 0.5) is 14.7 Å². The summed E-state index contributed by atoms with van der Waals surface area (Å²) in [4.78, 5) is 3.90. The Bertz CT molecular complexity index is 800. The predicted octanol–water partition coefficient (Wildman–Crippen LogP) is 3.57. The summed E-state index contributed by atoms with van der Waals surface area (Å²) >= 11 is 0. The van der Waals surface area contributed by atoms with Gasteiger partial charge in [0, 0.05) is 12.4 Å². The summed E-state index contributed by atoms with van der Waals surface area (Å²) in [7, 11) is 0. The number of anilines is 1. The van der Waals surface area contributed by atoms with E-state index in [-0.39, 0.29) is 17.1 Å². The van der Waals surface area contributed by atoms with Gasteiger partial charge in [0.1, 0.15) is 17.3 Å². The Morgan fingerprint density at radius 1 is 1.05 bits per heavy atom. The van der Waals surface area contributed by atoms with Gasteiger partial charge in [0.2, 0.25) is 5.88 Å². The maximum absolute atomic E-state index is 14.3. The number of pyridine rings is 1. The molecule has 0 aliphatic carbocycles. The lowest BCUT2D eigenvalue weighted by atomic mass is 9.99. The summed E-state index contributed by atoms with van der Waals surface area (Å²) in [5.74, 6) is -1.41. The van der Waals surface area contributed by atoms with E-state index >= 15 is 0 Å². The third kappa shape index (κ3) is 2.14. The quantitative estimate of drug-likeness (QED) is 0.782. The van der Waals surface area contributed by atoms with Crippen LogP contribution in [0.2, 0.25) is 0 Å². The van der Waals surface area contributed by atoms with E-state index in [2.05, 4.69) is 10.1 Å². The number of nitrogens with two attached hydrogens (primary N) is 1. The standard InChI is InChI=1S/C15H11F2N3O/c1-8-2-3-10(16)12(13(8)17)14-11(15(18)21-20-14)9-4-6-19-7-5-9/h2-7H,18H2,1H3. The van der Waals surface area contributed by atoms with Crippen molar-refractivity contribution in [1.82, 2.24) is 10.1 Å². The first-order valence-electron chi connectivity index (χ1n) is 6.20. The van der Waals surface area contributed by atoms with Crippen molar-refractivity contribution in [3.05, 3.63) is 53.9 Å². The molecule has 0 aliphatic heterocycles. The van der Waals surface area contributed by atoms with Crippen LogP contribution in [-0.4, -0.2) is 10.1 Å². The largest absolute Gasteiger partial charge is 0.367 e. The fourth-order valence-corrected chi connectivity index (χ4v) is 2.14. The highest BCUT2D eigenvalue weighted by atomic mass is 19.1. The van der Waals surface area contributed by atoms with Crippen LogP contribution in [0.5, 0.6) is 0 Å². The van der Waals surface area contributed by atoms with Crippen molar-refractivity contribution in [2.75, 3.05) is 5.73 Å². The molecule has 1 aromatic carbocycles. The summed E-state index contributed by atoms with van der Waals surface area (Å²) in [6.07, 6.45) is 3.10. The Labute approximate surface area is 119 Å². The highest BCUT2D eigenvalue weighted by molar-refractivity contribution is 5.87. The van der Waals surface area contributed by atoms with Crippen LogP contribution in [-0.2, 0) is 0 Å². The minimum absolute atomic E-state index is 0.00324. The molecule has 3 aromatic rings. The summed E-state index contributed by atoms with van der Waals surface area (Å²) in [6.45, 7) is 1.55. The van der Waals surface area contributed by atoms with Crippen LogP contribution < -0.4 is 5.73 Å². The third-order valence-corrected chi connectivity index (χ3v) is 3.21. The number of rotatable bonds is 2. The van der Waals surface area contributed by atoms with Crippen molar-refractivity contribution in [1.29, 1.82) is 0 Å². The maximum Gasteiger partial charge on any atom is 0.230 e. The number of halogens is 2. The fourth-order valence-electron chi connectivity index (χ4n) is 2.14. The monoisotopic (exact) mass is 287 g/mol. The SMILES string of the molecule is Cc1ccc(F)c(-c2noc(N)c2-c2ccncc2)c1F. The number of hydrogen-bond donors (Lipinski definition) is 1. The molecule has 2 aromatic heterocycles. The van der Waals surface area contributed by atoms with E-state index in [1.54, 1.807) is 31.5 Å². The molecular weight excluding hydrogens is 276 g/mol. The minimum atomic E-state index is -0.721. The van der Waals surface area contributed by atoms with E-state index in [1.165, 1.54) is 12.1 Å². The Balaban J connectivity index is 2.30. The molecule has 0 amide bonds. The Morgan fingerprint density at radius 3 is 2.48 bits per heavy atom. The molecule has 6 heteroatoms. The molecule has 0 aliphatic rings. The summed E-state index contributed by atoms with van der Waals surface area (Å²) in [5.41, 5.74) is 6.83. The van der Waals surface area contributed by atoms with Gasteiger partial charge in [-0.15, -0.1) is 0 Å². The number of hydrogen-bond acceptors (Lipinski definition) is 4. The minimum Gasteiger partial charge on any atom is -0.367 e. The molecule has 0 radical (unpaired) electrons. The molecule has 4 nitrogen and oxygen atoms in total. The van der Waals surface area contributed by atoms with Crippen LogP contribution in [0, 0.1) is 18.6 Å². The molecule has 106 valence electrons. The first kappa shape index (κ1) is 13.2. The molecule has 0 spiro atoms. The van der Waals surface area contributed by atoms with Gasteiger partial charge in [-0.2, -0.15) is 0 Å². The van der Waals surface area contributed by atoms with Crippen LogP contribution >= 0.6 is 0 Å². The second-order valence-corrected chi connectivity index (χ2v) is 4.56. The van der Waals surface area contributed by atoms with Crippen molar-refractivity contribution < 1.29 is 13.3 Å². The zero-order chi connectivity index (χ0) is 15.0. The lowest BCUT2D eigenvalue weighted by Gasteiger charge is -2.07. The van der Waals surface area contributed by atoms with Crippen LogP contribution in [0.1, 0.15) is 5.56 Å². The second kappa shape index (κ2) is 4.97. The van der Waals surface area contributed by atoms with Gasteiger partial charge in [0.05, 0.1) is 11.1 Å². The molecule has 3 rings (SSSR count). The molecule has 0 atom stereocenters. The third-order valence-electron chi connectivity index (χ3n) is 3.21. The number of nitrogens with zero attached hydrogens (tertiary/aromatic N) is 2. The molecule has 21 heavy (non-hydrogen) atoms.